The van der Waals surface area contributed by atoms with E-state index in [9.17, 15) is 18.8 Å². The molecule has 0 atom stereocenters. The third-order valence-corrected chi connectivity index (χ3v) is 4.11. The van der Waals surface area contributed by atoms with Gasteiger partial charge in [-0.05, 0) is 54.5 Å². The van der Waals surface area contributed by atoms with Crippen molar-refractivity contribution in [3.05, 3.63) is 71.6 Å². The number of amides is 3. The van der Waals surface area contributed by atoms with Gasteiger partial charge in [0.25, 0.3) is 11.8 Å². The molecule has 2 aromatic carbocycles. The van der Waals surface area contributed by atoms with Gasteiger partial charge in [0, 0.05) is 30.3 Å². The number of benzene rings is 2. The first-order chi connectivity index (χ1) is 13.0. The van der Waals surface area contributed by atoms with Gasteiger partial charge in [0.1, 0.15) is 5.82 Å². The zero-order chi connectivity index (χ0) is 19.2. The number of nitrogens with zero attached hydrogens (tertiary/aromatic N) is 1. The lowest BCUT2D eigenvalue weighted by atomic mass is 10.2. The molecule has 1 aliphatic heterocycles. The maximum atomic E-state index is 12.8. The number of anilines is 1. The van der Waals surface area contributed by atoms with Crippen LogP contribution in [0.3, 0.4) is 0 Å². The minimum Gasteiger partial charge on any atom is -0.312 e. The van der Waals surface area contributed by atoms with Crippen LogP contribution < -0.4 is 15.8 Å². The maximum Gasteiger partial charge on any atom is 0.269 e. The van der Waals surface area contributed by atoms with E-state index in [0.717, 1.165) is 36.3 Å². The lowest BCUT2D eigenvalue weighted by Crippen LogP contribution is -2.40. The molecule has 0 radical (unpaired) electrons. The van der Waals surface area contributed by atoms with Crippen molar-refractivity contribution in [2.24, 2.45) is 0 Å². The Hall–Kier alpha value is -3.48. The first kappa shape index (κ1) is 18.3. The summed E-state index contributed by atoms with van der Waals surface area (Å²) < 4.78 is 12.8. The molecule has 27 heavy (non-hydrogen) atoms. The Morgan fingerprint density at radius 1 is 1.00 bits per heavy atom. The van der Waals surface area contributed by atoms with E-state index in [1.165, 1.54) is 18.2 Å². The Morgan fingerprint density at radius 2 is 1.70 bits per heavy atom. The van der Waals surface area contributed by atoms with Crippen LogP contribution in [0.5, 0.6) is 0 Å². The molecule has 138 valence electrons. The summed E-state index contributed by atoms with van der Waals surface area (Å²) in [5.41, 5.74) is 6.36. The summed E-state index contributed by atoms with van der Waals surface area (Å²) in [6, 6.07) is 12.2. The van der Waals surface area contributed by atoms with Gasteiger partial charge < -0.3 is 4.90 Å². The van der Waals surface area contributed by atoms with Gasteiger partial charge in [0.15, 0.2) is 0 Å². The molecule has 1 heterocycles. The Balaban J connectivity index is 1.51. The Bertz CT molecular complexity index is 876. The van der Waals surface area contributed by atoms with E-state index in [0.29, 0.717) is 6.42 Å². The molecule has 0 bridgehead atoms. The SMILES string of the molecule is O=C(/C=C/c1ccc(N2CCCC2=O)cc1)NNC(=O)c1ccc(F)cc1. The van der Waals surface area contributed by atoms with Crippen LogP contribution in [0.4, 0.5) is 10.1 Å². The zero-order valence-electron chi connectivity index (χ0n) is 14.4. The summed E-state index contributed by atoms with van der Waals surface area (Å²) >= 11 is 0. The monoisotopic (exact) mass is 367 g/mol. The van der Waals surface area contributed by atoms with Gasteiger partial charge in [-0.1, -0.05) is 12.1 Å². The Morgan fingerprint density at radius 3 is 2.33 bits per heavy atom. The van der Waals surface area contributed by atoms with E-state index in [-0.39, 0.29) is 11.5 Å². The van der Waals surface area contributed by atoms with E-state index in [4.69, 9.17) is 0 Å². The molecule has 0 saturated carbocycles. The fourth-order valence-corrected chi connectivity index (χ4v) is 2.69. The smallest absolute Gasteiger partial charge is 0.269 e. The first-order valence-corrected chi connectivity index (χ1v) is 8.47. The molecular weight excluding hydrogens is 349 g/mol. The standard InChI is InChI=1S/C20H18FN3O3/c21-16-8-6-15(7-9-16)20(27)23-22-18(25)12-5-14-3-10-17(11-4-14)24-13-1-2-19(24)26/h3-12H,1-2,13H2,(H,22,25)(H,23,27)/b12-5+. The van der Waals surface area contributed by atoms with Gasteiger partial charge in [-0.15, -0.1) is 0 Å². The molecule has 0 aromatic heterocycles. The van der Waals surface area contributed by atoms with Crippen LogP contribution in [0.15, 0.2) is 54.6 Å². The summed E-state index contributed by atoms with van der Waals surface area (Å²) in [5.74, 6) is -1.38. The molecule has 1 aliphatic rings. The third-order valence-electron chi connectivity index (χ3n) is 4.11. The molecule has 7 heteroatoms. The number of carbonyl (C=O) groups excluding carboxylic acids is 3. The highest BCUT2D eigenvalue weighted by Gasteiger charge is 2.21. The van der Waals surface area contributed by atoms with Crippen molar-refractivity contribution < 1.29 is 18.8 Å². The molecule has 0 aliphatic carbocycles. The molecule has 1 saturated heterocycles. The van der Waals surface area contributed by atoms with Crippen LogP contribution in [0.25, 0.3) is 6.08 Å². The maximum absolute atomic E-state index is 12.8. The third kappa shape index (κ3) is 4.78. The van der Waals surface area contributed by atoms with Crippen molar-refractivity contribution in [2.45, 2.75) is 12.8 Å². The van der Waals surface area contributed by atoms with E-state index < -0.39 is 17.6 Å². The summed E-state index contributed by atoms with van der Waals surface area (Å²) in [7, 11) is 0. The Labute approximate surface area is 155 Å². The van der Waals surface area contributed by atoms with Crippen LogP contribution in [0.1, 0.15) is 28.8 Å². The number of nitrogens with one attached hydrogen (secondary N) is 2. The van der Waals surface area contributed by atoms with Crippen molar-refractivity contribution in [3.8, 4) is 0 Å². The van der Waals surface area contributed by atoms with Crippen LogP contribution in [0.2, 0.25) is 0 Å². The highest BCUT2D eigenvalue weighted by molar-refractivity contribution is 5.98. The number of hydrazine groups is 1. The van der Waals surface area contributed by atoms with Crippen molar-refractivity contribution in [1.29, 1.82) is 0 Å². The number of halogens is 1. The minimum atomic E-state index is -0.545. The van der Waals surface area contributed by atoms with Crippen molar-refractivity contribution in [3.63, 3.8) is 0 Å². The number of rotatable bonds is 4. The second-order valence-electron chi connectivity index (χ2n) is 6.02. The number of carbonyl (C=O) groups is 3. The molecule has 3 rings (SSSR count). The quantitative estimate of drug-likeness (QED) is 0.644. The number of hydrogen-bond acceptors (Lipinski definition) is 3. The van der Waals surface area contributed by atoms with E-state index in [2.05, 4.69) is 10.9 Å². The van der Waals surface area contributed by atoms with Crippen LogP contribution >= 0.6 is 0 Å². The van der Waals surface area contributed by atoms with E-state index in [1.807, 2.05) is 24.3 Å². The molecule has 3 amide bonds. The van der Waals surface area contributed by atoms with Gasteiger partial charge in [0.2, 0.25) is 5.91 Å². The zero-order valence-corrected chi connectivity index (χ0v) is 14.4. The minimum absolute atomic E-state index is 0.120. The summed E-state index contributed by atoms with van der Waals surface area (Å²) in [4.78, 5) is 37.1. The molecule has 6 nitrogen and oxygen atoms in total. The predicted molar refractivity (Wildman–Crippen MR) is 99.1 cm³/mol. The second kappa shape index (κ2) is 8.27. The normalized spacial score (nSPS) is 13.8. The molecule has 1 fully saturated rings. The predicted octanol–water partition coefficient (Wildman–Crippen LogP) is 2.43. The molecule has 0 spiro atoms. The van der Waals surface area contributed by atoms with E-state index in [1.54, 1.807) is 11.0 Å². The topological polar surface area (TPSA) is 78.5 Å². The van der Waals surface area contributed by atoms with Crippen LogP contribution in [0, 0.1) is 5.82 Å². The van der Waals surface area contributed by atoms with Crippen LogP contribution in [-0.2, 0) is 9.59 Å². The molecular formula is C20H18FN3O3. The summed E-state index contributed by atoms with van der Waals surface area (Å²) in [6.07, 6.45) is 4.31. The van der Waals surface area contributed by atoms with Gasteiger partial charge >= 0.3 is 0 Å². The van der Waals surface area contributed by atoms with Gasteiger partial charge in [-0.3, -0.25) is 25.2 Å². The van der Waals surface area contributed by atoms with Gasteiger partial charge in [0.05, 0.1) is 0 Å². The fourth-order valence-electron chi connectivity index (χ4n) is 2.69. The second-order valence-corrected chi connectivity index (χ2v) is 6.02. The summed E-state index contributed by atoms with van der Waals surface area (Å²) in [6.45, 7) is 0.726. The van der Waals surface area contributed by atoms with E-state index >= 15 is 0 Å². The van der Waals surface area contributed by atoms with Crippen molar-refractivity contribution in [1.82, 2.24) is 10.9 Å². The van der Waals surface area contributed by atoms with Crippen molar-refractivity contribution in [2.75, 3.05) is 11.4 Å². The highest BCUT2D eigenvalue weighted by Crippen LogP contribution is 2.21. The Kier molecular flexibility index (Phi) is 5.61. The lowest BCUT2D eigenvalue weighted by molar-refractivity contribution is -0.117. The average Bonchev–Trinajstić information content (AvgIpc) is 3.11. The van der Waals surface area contributed by atoms with Crippen LogP contribution in [-0.4, -0.2) is 24.3 Å². The largest absolute Gasteiger partial charge is 0.312 e. The first-order valence-electron chi connectivity index (χ1n) is 8.47. The fraction of sp³-hybridized carbons (Fsp3) is 0.150. The lowest BCUT2D eigenvalue weighted by Gasteiger charge is -2.15. The molecule has 0 unspecified atom stereocenters. The van der Waals surface area contributed by atoms with Crippen molar-refractivity contribution >= 4 is 29.5 Å². The summed E-state index contributed by atoms with van der Waals surface area (Å²) in [5, 5.41) is 0. The molecule has 2 N–H and O–H groups in total. The van der Waals surface area contributed by atoms with Gasteiger partial charge in [-0.25, -0.2) is 4.39 Å². The average molecular weight is 367 g/mol. The van der Waals surface area contributed by atoms with Gasteiger partial charge in [-0.2, -0.15) is 0 Å². The highest BCUT2D eigenvalue weighted by atomic mass is 19.1. The molecule has 2 aromatic rings. The number of hydrogen-bond donors (Lipinski definition) is 2.